The van der Waals surface area contributed by atoms with Gasteiger partial charge >= 0.3 is 5.97 Å². The Morgan fingerprint density at radius 3 is 2.58 bits per heavy atom. The summed E-state index contributed by atoms with van der Waals surface area (Å²) in [4.78, 5) is 36.1. The summed E-state index contributed by atoms with van der Waals surface area (Å²) in [7, 11) is 1.74. The van der Waals surface area contributed by atoms with E-state index in [0.717, 1.165) is 0 Å². The van der Waals surface area contributed by atoms with Gasteiger partial charge in [-0.2, -0.15) is 0 Å². The van der Waals surface area contributed by atoms with Gasteiger partial charge in [-0.3, -0.25) is 14.4 Å². The Labute approximate surface area is 112 Å². The normalized spacial score (nSPS) is 31.3. The van der Waals surface area contributed by atoms with Crippen LogP contribution in [0.3, 0.4) is 0 Å². The van der Waals surface area contributed by atoms with Crippen molar-refractivity contribution < 1.29 is 19.5 Å². The van der Waals surface area contributed by atoms with Crippen molar-refractivity contribution in [1.29, 1.82) is 0 Å². The van der Waals surface area contributed by atoms with E-state index in [1.165, 1.54) is 0 Å². The monoisotopic (exact) mass is 268 g/mol. The van der Waals surface area contributed by atoms with Gasteiger partial charge in [-0.15, -0.1) is 0 Å². The molecule has 6 nitrogen and oxygen atoms in total. The van der Waals surface area contributed by atoms with Crippen molar-refractivity contribution in [2.45, 2.75) is 38.1 Å². The minimum Gasteiger partial charge on any atom is -0.481 e. The van der Waals surface area contributed by atoms with Gasteiger partial charge in [0.25, 0.3) is 0 Å². The predicted molar refractivity (Wildman–Crippen MR) is 67.3 cm³/mol. The fourth-order valence-corrected chi connectivity index (χ4v) is 2.82. The van der Waals surface area contributed by atoms with Crippen molar-refractivity contribution >= 4 is 17.8 Å². The highest BCUT2D eigenvalue weighted by Crippen LogP contribution is 2.26. The van der Waals surface area contributed by atoms with E-state index in [1.807, 2.05) is 0 Å². The lowest BCUT2D eigenvalue weighted by atomic mass is 9.95. The van der Waals surface area contributed by atoms with E-state index in [0.29, 0.717) is 32.2 Å². The number of piperidine rings is 1. The predicted octanol–water partition coefficient (Wildman–Crippen LogP) is 0.224. The van der Waals surface area contributed by atoms with Crippen LogP contribution < -0.4 is 5.32 Å². The van der Waals surface area contributed by atoms with Gasteiger partial charge in [-0.05, 0) is 25.7 Å². The van der Waals surface area contributed by atoms with Crippen molar-refractivity contribution in [3.63, 3.8) is 0 Å². The van der Waals surface area contributed by atoms with Crippen LogP contribution in [-0.4, -0.2) is 47.4 Å². The molecule has 2 rings (SSSR count). The van der Waals surface area contributed by atoms with Crippen LogP contribution in [0, 0.1) is 11.8 Å². The lowest BCUT2D eigenvalue weighted by Gasteiger charge is -2.28. The molecule has 106 valence electrons. The number of carboxylic acid groups (broad SMARTS) is 1. The average molecular weight is 268 g/mol. The van der Waals surface area contributed by atoms with E-state index in [2.05, 4.69) is 5.32 Å². The zero-order valence-electron chi connectivity index (χ0n) is 11.1. The molecule has 0 aromatic rings. The van der Waals surface area contributed by atoms with E-state index in [4.69, 9.17) is 5.11 Å². The molecule has 1 unspecified atom stereocenters. The molecule has 0 spiro atoms. The van der Waals surface area contributed by atoms with Gasteiger partial charge in [0.05, 0.1) is 5.92 Å². The maximum Gasteiger partial charge on any atom is 0.306 e. The highest BCUT2D eigenvalue weighted by molar-refractivity contribution is 5.87. The number of nitrogens with zero attached hydrogens (tertiary/aromatic N) is 1. The summed E-state index contributed by atoms with van der Waals surface area (Å²) in [5.74, 6) is -1.48. The average Bonchev–Trinajstić information content (AvgIpc) is 2.81. The molecule has 1 saturated heterocycles. The second-order valence-electron chi connectivity index (χ2n) is 5.56. The molecule has 0 radical (unpaired) electrons. The molecule has 1 heterocycles. The number of hydrogen-bond donors (Lipinski definition) is 2. The number of aliphatic carboxylic acids is 1. The Bertz CT molecular complexity index is 396. The first kappa shape index (κ1) is 13.8. The van der Waals surface area contributed by atoms with Gasteiger partial charge in [0.2, 0.25) is 11.8 Å². The van der Waals surface area contributed by atoms with Gasteiger partial charge in [0.1, 0.15) is 0 Å². The lowest BCUT2D eigenvalue weighted by molar-refractivity contribution is -0.141. The summed E-state index contributed by atoms with van der Waals surface area (Å²) < 4.78 is 0. The summed E-state index contributed by atoms with van der Waals surface area (Å²) in [5, 5.41) is 11.8. The summed E-state index contributed by atoms with van der Waals surface area (Å²) in [6, 6.07) is -0.0524. The Hall–Kier alpha value is -1.59. The van der Waals surface area contributed by atoms with Crippen molar-refractivity contribution in [3.05, 3.63) is 0 Å². The standard InChI is InChI=1S/C13H20N2O4/c1-15-5-4-8(7-11(15)16)12(17)14-10-3-2-9(6-10)13(18)19/h8-10H,2-7H2,1H3,(H,14,17)(H,18,19)/t8?,9-,10+/m0/s1. The molecule has 2 aliphatic rings. The van der Waals surface area contributed by atoms with Crippen LogP contribution in [0.5, 0.6) is 0 Å². The fraction of sp³-hybridized carbons (Fsp3) is 0.769. The van der Waals surface area contributed by atoms with Gasteiger partial charge in [0, 0.05) is 32.0 Å². The molecule has 0 bridgehead atoms. The molecule has 0 aromatic carbocycles. The van der Waals surface area contributed by atoms with Crippen LogP contribution in [0.15, 0.2) is 0 Å². The molecular weight excluding hydrogens is 248 g/mol. The molecule has 3 atom stereocenters. The molecule has 0 aromatic heterocycles. The largest absolute Gasteiger partial charge is 0.481 e. The minimum absolute atomic E-state index is 0.00114. The first-order chi connectivity index (χ1) is 8.97. The highest BCUT2D eigenvalue weighted by Gasteiger charge is 2.33. The number of likely N-dealkylation sites (tertiary alicyclic amines) is 1. The molecule has 2 N–H and O–H groups in total. The summed E-state index contributed by atoms with van der Waals surface area (Å²) in [6.07, 6.45) is 2.78. The number of rotatable bonds is 3. The number of carbonyl (C=O) groups excluding carboxylic acids is 2. The Morgan fingerprint density at radius 1 is 1.26 bits per heavy atom. The third-order valence-electron chi connectivity index (χ3n) is 4.16. The van der Waals surface area contributed by atoms with Crippen LogP contribution in [-0.2, 0) is 14.4 Å². The fourth-order valence-electron chi connectivity index (χ4n) is 2.82. The number of nitrogens with one attached hydrogen (secondary N) is 1. The number of carbonyl (C=O) groups is 3. The SMILES string of the molecule is CN1CCC(C(=O)N[C@@H]2CC[C@H](C(=O)O)C2)CC1=O. The Morgan fingerprint density at radius 2 is 2.00 bits per heavy atom. The molecule has 1 aliphatic heterocycles. The summed E-state index contributed by atoms with van der Waals surface area (Å²) >= 11 is 0. The van der Waals surface area contributed by atoms with Crippen LogP contribution in [0.4, 0.5) is 0 Å². The van der Waals surface area contributed by atoms with Gasteiger partial charge < -0.3 is 15.3 Å². The quantitative estimate of drug-likeness (QED) is 0.767. The van der Waals surface area contributed by atoms with Crippen LogP contribution >= 0.6 is 0 Å². The molecule has 19 heavy (non-hydrogen) atoms. The van der Waals surface area contributed by atoms with E-state index >= 15 is 0 Å². The summed E-state index contributed by atoms with van der Waals surface area (Å²) in [6.45, 7) is 0.610. The smallest absolute Gasteiger partial charge is 0.306 e. The number of hydrogen-bond acceptors (Lipinski definition) is 3. The van der Waals surface area contributed by atoms with Crippen LogP contribution in [0.2, 0.25) is 0 Å². The highest BCUT2D eigenvalue weighted by atomic mass is 16.4. The third kappa shape index (κ3) is 3.24. The molecule has 6 heteroatoms. The zero-order chi connectivity index (χ0) is 14.0. The first-order valence-electron chi connectivity index (χ1n) is 6.74. The Balaban J connectivity index is 1.82. The molecule has 1 aliphatic carbocycles. The van der Waals surface area contributed by atoms with Crippen molar-refractivity contribution in [2.75, 3.05) is 13.6 Å². The van der Waals surface area contributed by atoms with Crippen LogP contribution in [0.1, 0.15) is 32.1 Å². The Kier molecular flexibility index (Phi) is 4.07. The van der Waals surface area contributed by atoms with Crippen molar-refractivity contribution in [3.8, 4) is 0 Å². The van der Waals surface area contributed by atoms with Crippen molar-refractivity contribution in [1.82, 2.24) is 10.2 Å². The van der Waals surface area contributed by atoms with Crippen molar-refractivity contribution in [2.24, 2.45) is 11.8 Å². The van der Waals surface area contributed by atoms with Gasteiger partial charge in [-0.25, -0.2) is 0 Å². The zero-order valence-corrected chi connectivity index (χ0v) is 11.1. The minimum atomic E-state index is -0.786. The number of amides is 2. The van der Waals surface area contributed by atoms with E-state index in [1.54, 1.807) is 11.9 Å². The van der Waals surface area contributed by atoms with E-state index < -0.39 is 5.97 Å². The van der Waals surface area contributed by atoms with Gasteiger partial charge in [-0.1, -0.05) is 0 Å². The summed E-state index contributed by atoms with van der Waals surface area (Å²) in [5.41, 5.74) is 0. The first-order valence-corrected chi connectivity index (χ1v) is 6.74. The molecule has 1 saturated carbocycles. The lowest BCUT2D eigenvalue weighted by Crippen LogP contribution is -2.44. The second kappa shape index (κ2) is 5.59. The maximum absolute atomic E-state index is 12.1. The molecular formula is C13H20N2O4. The third-order valence-corrected chi connectivity index (χ3v) is 4.16. The van der Waals surface area contributed by atoms with E-state index in [9.17, 15) is 14.4 Å². The van der Waals surface area contributed by atoms with Gasteiger partial charge in [0.15, 0.2) is 0 Å². The molecule has 2 fully saturated rings. The second-order valence-corrected chi connectivity index (χ2v) is 5.56. The number of carboxylic acids is 1. The maximum atomic E-state index is 12.1. The van der Waals surface area contributed by atoms with Crippen LogP contribution in [0.25, 0.3) is 0 Å². The topological polar surface area (TPSA) is 86.7 Å². The molecule has 2 amide bonds. The van der Waals surface area contributed by atoms with E-state index in [-0.39, 0.29) is 36.1 Å².